The number of para-hydroxylation sites is 1. The van der Waals surface area contributed by atoms with Gasteiger partial charge in [-0.25, -0.2) is 4.79 Å². The molecule has 0 atom stereocenters. The summed E-state index contributed by atoms with van der Waals surface area (Å²) in [5, 5.41) is 0.0824. The molecule has 0 spiro atoms. The Morgan fingerprint density at radius 3 is 2.56 bits per heavy atom. The lowest BCUT2D eigenvalue weighted by Crippen LogP contribution is -2.19. The maximum Gasteiger partial charge on any atom is 0.340 e. The van der Waals surface area contributed by atoms with E-state index in [1.165, 1.54) is 23.9 Å². The lowest BCUT2D eigenvalue weighted by Gasteiger charge is -2.08. The number of halogens is 1. The molecule has 0 amide bonds. The van der Waals surface area contributed by atoms with E-state index in [-0.39, 0.29) is 16.1 Å². The molecular weight excluding hydrogens is 254 g/mol. The number of carbonyl (C=O) groups is 1. The van der Waals surface area contributed by atoms with Crippen molar-refractivity contribution in [2.45, 2.75) is 0 Å². The van der Waals surface area contributed by atoms with Crippen LogP contribution in [0.4, 0.5) is 0 Å². The molecule has 2 rings (SSSR count). The van der Waals surface area contributed by atoms with Crippen molar-refractivity contribution in [3.8, 4) is 5.69 Å². The molecule has 1 aromatic carbocycles. The molecule has 5 heteroatoms. The van der Waals surface area contributed by atoms with Gasteiger partial charge < -0.3 is 4.74 Å². The fourth-order valence-corrected chi connectivity index (χ4v) is 1.78. The van der Waals surface area contributed by atoms with Gasteiger partial charge in [-0.2, -0.15) is 0 Å². The van der Waals surface area contributed by atoms with Crippen LogP contribution in [-0.2, 0) is 4.74 Å². The Hall–Kier alpha value is -2.07. The second-order valence-electron chi connectivity index (χ2n) is 3.57. The number of benzene rings is 1. The second kappa shape index (κ2) is 5.06. The molecule has 92 valence electrons. The minimum Gasteiger partial charge on any atom is -0.465 e. The number of hydrogen-bond acceptors (Lipinski definition) is 3. The van der Waals surface area contributed by atoms with Crippen LogP contribution in [0.2, 0.25) is 5.02 Å². The van der Waals surface area contributed by atoms with Crippen molar-refractivity contribution in [3.05, 3.63) is 63.5 Å². The number of carbonyl (C=O) groups excluding carboxylic acids is 1. The van der Waals surface area contributed by atoms with Gasteiger partial charge in [0.2, 0.25) is 0 Å². The normalized spacial score (nSPS) is 10.1. The first-order chi connectivity index (χ1) is 8.63. The van der Waals surface area contributed by atoms with Gasteiger partial charge in [-0.1, -0.05) is 29.8 Å². The van der Waals surface area contributed by atoms with E-state index in [2.05, 4.69) is 4.74 Å². The average molecular weight is 264 g/mol. The highest BCUT2D eigenvalue weighted by Gasteiger charge is 2.13. The van der Waals surface area contributed by atoms with Gasteiger partial charge in [0.15, 0.2) is 0 Å². The highest BCUT2D eigenvalue weighted by Crippen LogP contribution is 2.15. The number of esters is 1. The lowest BCUT2D eigenvalue weighted by molar-refractivity contribution is 0.0600. The van der Waals surface area contributed by atoms with Crippen molar-refractivity contribution < 1.29 is 9.53 Å². The quantitative estimate of drug-likeness (QED) is 0.781. The zero-order valence-corrected chi connectivity index (χ0v) is 10.3. The fourth-order valence-electron chi connectivity index (χ4n) is 1.56. The predicted molar refractivity (Wildman–Crippen MR) is 68.4 cm³/mol. The molecule has 0 aliphatic heterocycles. The smallest absolute Gasteiger partial charge is 0.340 e. The van der Waals surface area contributed by atoms with Crippen LogP contribution < -0.4 is 5.56 Å². The molecule has 0 aliphatic carbocycles. The van der Waals surface area contributed by atoms with Crippen LogP contribution in [0.1, 0.15) is 10.4 Å². The molecule has 0 aliphatic rings. The van der Waals surface area contributed by atoms with Crippen LogP contribution in [0.15, 0.2) is 47.4 Å². The molecule has 0 radical (unpaired) electrons. The summed E-state index contributed by atoms with van der Waals surface area (Å²) in [7, 11) is 1.26. The van der Waals surface area contributed by atoms with Crippen LogP contribution in [0.3, 0.4) is 0 Å². The Kier molecular flexibility index (Phi) is 3.48. The molecule has 2 aromatic rings. The first kappa shape index (κ1) is 12.4. The van der Waals surface area contributed by atoms with E-state index in [0.717, 1.165) is 0 Å². The van der Waals surface area contributed by atoms with E-state index in [9.17, 15) is 9.59 Å². The van der Waals surface area contributed by atoms with E-state index in [4.69, 9.17) is 11.6 Å². The summed E-state index contributed by atoms with van der Waals surface area (Å²) in [5.41, 5.74) is 0.505. The molecule has 0 saturated carbocycles. The topological polar surface area (TPSA) is 48.3 Å². The number of hydrogen-bond donors (Lipinski definition) is 0. The molecule has 4 nitrogen and oxygen atoms in total. The van der Waals surface area contributed by atoms with Crippen LogP contribution in [-0.4, -0.2) is 17.6 Å². The predicted octanol–water partition coefficient (Wildman–Crippen LogP) is 2.28. The van der Waals surface area contributed by atoms with Crippen LogP contribution in [0.5, 0.6) is 0 Å². The first-order valence-electron chi connectivity index (χ1n) is 5.19. The van der Waals surface area contributed by atoms with Gasteiger partial charge in [-0.3, -0.25) is 9.36 Å². The van der Waals surface area contributed by atoms with Gasteiger partial charge >= 0.3 is 5.97 Å². The lowest BCUT2D eigenvalue weighted by atomic mass is 10.2. The highest BCUT2D eigenvalue weighted by molar-refractivity contribution is 6.33. The van der Waals surface area contributed by atoms with E-state index in [1.54, 1.807) is 24.3 Å². The zero-order valence-electron chi connectivity index (χ0n) is 9.59. The Bertz CT molecular complexity index is 634. The molecular formula is C13H10ClNO3. The monoisotopic (exact) mass is 263 g/mol. The van der Waals surface area contributed by atoms with E-state index < -0.39 is 5.97 Å². The third-order valence-corrected chi connectivity index (χ3v) is 2.76. The molecule has 0 unspecified atom stereocenters. The number of pyridine rings is 1. The first-order valence-corrected chi connectivity index (χ1v) is 5.57. The van der Waals surface area contributed by atoms with E-state index in [0.29, 0.717) is 5.69 Å². The molecule has 0 saturated heterocycles. The Morgan fingerprint density at radius 2 is 1.94 bits per heavy atom. The SMILES string of the molecule is COC(=O)c1cn(-c2ccccc2)c(=O)cc1Cl. The van der Waals surface area contributed by atoms with Crippen molar-refractivity contribution >= 4 is 17.6 Å². The van der Waals surface area contributed by atoms with Gasteiger partial charge in [0.1, 0.15) is 0 Å². The number of ether oxygens (including phenoxy) is 1. The van der Waals surface area contributed by atoms with Crippen LogP contribution in [0.25, 0.3) is 5.69 Å². The Labute approximate surface area is 108 Å². The number of aromatic nitrogens is 1. The van der Waals surface area contributed by atoms with Gasteiger partial charge in [0.05, 0.1) is 17.7 Å². The third kappa shape index (κ3) is 2.28. The molecule has 18 heavy (non-hydrogen) atoms. The fraction of sp³-hybridized carbons (Fsp3) is 0.0769. The zero-order chi connectivity index (χ0) is 13.1. The minimum atomic E-state index is -0.579. The minimum absolute atomic E-state index is 0.0824. The van der Waals surface area contributed by atoms with Crippen molar-refractivity contribution in [1.82, 2.24) is 4.57 Å². The maximum absolute atomic E-state index is 11.8. The Morgan fingerprint density at radius 1 is 1.28 bits per heavy atom. The highest BCUT2D eigenvalue weighted by atomic mass is 35.5. The van der Waals surface area contributed by atoms with Crippen molar-refractivity contribution in [2.75, 3.05) is 7.11 Å². The third-order valence-electron chi connectivity index (χ3n) is 2.44. The summed E-state index contributed by atoms with van der Waals surface area (Å²) >= 11 is 5.85. The van der Waals surface area contributed by atoms with E-state index >= 15 is 0 Å². The summed E-state index contributed by atoms with van der Waals surface area (Å²) in [6.45, 7) is 0. The maximum atomic E-state index is 11.8. The number of rotatable bonds is 2. The van der Waals surface area contributed by atoms with Gasteiger partial charge in [0.25, 0.3) is 5.56 Å². The van der Waals surface area contributed by atoms with E-state index in [1.807, 2.05) is 6.07 Å². The average Bonchev–Trinajstić information content (AvgIpc) is 2.39. The number of nitrogens with zero attached hydrogens (tertiary/aromatic N) is 1. The molecule has 1 heterocycles. The van der Waals surface area contributed by atoms with Gasteiger partial charge in [0, 0.05) is 18.0 Å². The van der Waals surface area contributed by atoms with Crippen LogP contribution >= 0.6 is 11.6 Å². The largest absolute Gasteiger partial charge is 0.465 e. The molecule has 1 aromatic heterocycles. The van der Waals surface area contributed by atoms with Crippen molar-refractivity contribution in [2.24, 2.45) is 0 Å². The van der Waals surface area contributed by atoms with Crippen LogP contribution in [0, 0.1) is 0 Å². The molecule has 0 bridgehead atoms. The summed E-state index contributed by atoms with van der Waals surface area (Å²) in [6, 6.07) is 10.2. The standard InChI is InChI=1S/C13H10ClNO3/c1-18-13(17)10-8-15(12(16)7-11(10)14)9-5-3-2-4-6-9/h2-8H,1H3. The molecule has 0 fully saturated rings. The second-order valence-corrected chi connectivity index (χ2v) is 3.98. The summed E-state index contributed by atoms with van der Waals surface area (Å²) < 4.78 is 5.95. The van der Waals surface area contributed by atoms with Gasteiger partial charge in [-0.05, 0) is 12.1 Å². The van der Waals surface area contributed by atoms with Gasteiger partial charge in [-0.15, -0.1) is 0 Å². The summed E-state index contributed by atoms with van der Waals surface area (Å²) in [6.07, 6.45) is 1.38. The van der Waals surface area contributed by atoms with Crippen molar-refractivity contribution in [1.29, 1.82) is 0 Å². The van der Waals surface area contributed by atoms with Crippen molar-refractivity contribution in [3.63, 3.8) is 0 Å². The molecule has 0 N–H and O–H groups in total. The summed E-state index contributed by atoms with van der Waals surface area (Å²) in [5.74, 6) is -0.579. The Balaban J connectivity index is 2.63. The number of methoxy groups -OCH3 is 1. The summed E-state index contributed by atoms with van der Waals surface area (Å²) in [4.78, 5) is 23.3.